The lowest BCUT2D eigenvalue weighted by Crippen LogP contribution is -2.11. The number of aromatic hydroxyl groups is 2. The van der Waals surface area contributed by atoms with Crippen LogP contribution in [0.25, 0.3) is 5.57 Å². The molecule has 0 unspecified atom stereocenters. The predicted molar refractivity (Wildman–Crippen MR) is 127 cm³/mol. The number of rotatable bonds is 7. The van der Waals surface area contributed by atoms with Crippen molar-refractivity contribution in [3.63, 3.8) is 0 Å². The Morgan fingerprint density at radius 3 is 2.10 bits per heavy atom. The molecule has 5 heteroatoms. The molecule has 0 spiro atoms. The highest BCUT2D eigenvalue weighted by molar-refractivity contribution is 6.12. The Bertz CT molecular complexity index is 1130. The highest BCUT2D eigenvalue weighted by Crippen LogP contribution is 2.24. The molecule has 0 fully saturated rings. The molecule has 0 heterocycles. The van der Waals surface area contributed by atoms with Crippen LogP contribution in [0.5, 0.6) is 11.5 Å². The predicted octanol–water partition coefficient (Wildman–Crippen LogP) is 5.43. The zero-order chi connectivity index (χ0) is 22.2. The summed E-state index contributed by atoms with van der Waals surface area (Å²) in [7, 11) is 1.75. The lowest BCUT2D eigenvalue weighted by molar-refractivity contribution is 0.403. The van der Waals surface area contributed by atoms with Crippen LogP contribution in [0, 0.1) is 0 Å². The second-order valence-corrected chi connectivity index (χ2v) is 6.99. The standard InChI is InChI=1S/C26H25N3O2/c1-19(22-10-6-4-7-11-22)16-24(23-12-8-5-9-13-23)28-20(2)29(3)27-18-21-14-15-25(30)26(31)17-21/h4-18,30-31H,2H2,1,3H3/b19-16+,27-18+,28-24+. The van der Waals surface area contributed by atoms with Gasteiger partial charge in [0.05, 0.1) is 11.9 Å². The molecule has 0 aromatic heterocycles. The van der Waals surface area contributed by atoms with Gasteiger partial charge in [-0.15, -0.1) is 0 Å². The molecule has 0 bridgehead atoms. The molecular formula is C26H25N3O2. The lowest BCUT2D eigenvalue weighted by atomic mass is 10.0. The smallest absolute Gasteiger partial charge is 0.158 e. The maximum Gasteiger partial charge on any atom is 0.158 e. The van der Waals surface area contributed by atoms with E-state index in [-0.39, 0.29) is 11.5 Å². The van der Waals surface area contributed by atoms with Gasteiger partial charge in [0.25, 0.3) is 0 Å². The second-order valence-electron chi connectivity index (χ2n) is 6.99. The van der Waals surface area contributed by atoms with E-state index in [4.69, 9.17) is 4.99 Å². The highest BCUT2D eigenvalue weighted by atomic mass is 16.3. The third kappa shape index (κ3) is 5.93. The van der Waals surface area contributed by atoms with Crippen molar-refractivity contribution in [3.8, 4) is 11.5 Å². The quantitative estimate of drug-likeness (QED) is 0.310. The highest BCUT2D eigenvalue weighted by Gasteiger charge is 2.06. The summed E-state index contributed by atoms with van der Waals surface area (Å²) in [6, 6.07) is 24.5. The van der Waals surface area contributed by atoms with E-state index < -0.39 is 0 Å². The van der Waals surface area contributed by atoms with Gasteiger partial charge in [-0.25, -0.2) is 4.99 Å². The summed E-state index contributed by atoms with van der Waals surface area (Å²) in [5, 5.41) is 24.9. The molecule has 0 aliphatic rings. The SMILES string of the molecule is C=C(/N=C(\C=C(/C)c1ccccc1)c1ccccc1)N(C)/N=C/c1ccc(O)c(O)c1. The fourth-order valence-corrected chi connectivity index (χ4v) is 2.83. The Hall–Kier alpha value is -4.12. The molecule has 31 heavy (non-hydrogen) atoms. The van der Waals surface area contributed by atoms with E-state index >= 15 is 0 Å². The summed E-state index contributed by atoms with van der Waals surface area (Å²) < 4.78 is 0. The zero-order valence-electron chi connectivity index (χ0n) is 17.6. The van der Waals surface area contributed by atoms with Crippen molar-refractivity contribution in [3.05, 3.63) is 114 Å². The number of hydrazone groups is 1. The average molecular weight is 412 g/mol. The van der Waals surface area contributed by atoms with Gasteiger partial charge in [-0.2, -0.15) is 5.10 Å². The van der Waals surface area contributed by atoms with Crippen molar-refractivity contribution >= 4 is 17.5 Å². The van der Waals surface area contributed by atoms with E-state index in [0.717, 1.165) is 22.4 Å². The van der Waals surface area contributed by atoms with Gasteiger partial charge in [-0.05, 0) is 47.9 Å². The van der Waals surface area contributed by atoms with E-state index in [0.29, 0.717) is 11.4 Å². The number of aliphatic imine (C=N–C) groups is 1. The third-order valence-corrected chi connectivity index (χ3v) is 4.65. The van der Waals surface area contributed by atoms with Crippen LogP contribution >= 0.6 is 0 Å². The van der Waals surface area contributed by atoms with Crippen molar-refractivity contribution < 1.29 is 10.2 Å². The molecule has 3 aromatic carbocycles. The van der Waals surface area contributed by atoms with Crippen LogP contribution in [-0.2, 0) is 0 Å². The number of benzene rings is 3. The molecule has 156 valence electrons. The molecule has 3 rings (SSSR count). The molecule has 0 aliphatic heterocycles. The summed E-state index contributed by atoms with van der Waals surface area (Å²) in [5.74, 6) is 0.0825. The van der Waals surface area contributed by atoms with Crippen molar-refractivity contribution in [1.29, 1.82) is 0 Å². The summed E-state index contributed by atoms with van der Waals surface area (Å²) in [5.41, 5.74) is 4.59. The van der Waals surface area contributed by atoms with Crippen LogP contribution < -0.4 is 0 Å². The van der Waals surface area contributed by atoms with Gasteiger partial charge in [0.15, 0.2) is 11.5 Å². The van der Waals surface area contributed by atoms with Crippen molar-refractivity contribution in [2.75, 3.05) is 7.05 Å². The maximum atomic E-state index is 9.63. The molecule has 0 atom stereocenters. The molecule has 0 aliphatic carbocycles. The fourth-order valence-electron chi connectivity index (χ4n) is 2.83. The molecule has 0 amide bonds. The molecule has 5 nitrogen and oxygen atoms in total. The minimum Gasteiger partial charge on any atom is -0.504 e. The summed E-state index contributed by atoms with van der Waals surface area (Å²) in [6.07, 6.45) is 3.60. The van der Waals surface area contributed by atoms with Gasteiger partial charge in [-0.3, -0.25) is 5.01 Å². The minimum absolute atomic E-state index is 0.174. The van der Waals surface area contributed by atoms with E-state index in [1.165, 1.54) is 12.1 Å². The Balaban J connectivity index is 1.87. The first-order valence-electron chi connectivity index (χ1n) is 9.80. The van der Waals surface area contributed by atoms with Crippen LogP contribution in [0.3, 0.4) is 0 Å². The van der Waals surface area contributed by atoms with Crippen LogP contribution in [0.2, 0.25) is 0 Å². The van der Waals surface area contributed by atoms with E-state index in [9.17, 15) is 10.2 Å². The van der Waals surface area contributed by atoms with Gasteiger partial charge in [0, 0.05) is 12.6 Å². The minimum atomic E-state index is -0.198. The van der Waals surface area contributed by atoms with Crippen molar-refractivity contribution in [1.82, 2.24) is 5.01 Å². The van der Waals surface area contributed by atoms with Crippen LogP contribution in [-0.4, -0.2) is 34.2 Å². The number of allylic oxidation sites excluding steroid dienone is 2. The number of nitrogens with zero attached hydrogens (tertiary/aromatic N) is 3. The largest absolute Gasteiger partial charge is 0.504 e. The Morgan fingerprint density at radius 2 is 1.48 bits per heavy atom. The summed E-state index contributed by atoms with van der Waals surface area (Å²) in [6.45, 7) is 6.10. The zero-order valence-corrected chi connectivity index (χ0v) is 17.6. The second kappa shape index (κ2) is 10.1. The average Bonchev–Trinajstić information content (AvgIpc) is 2.80. The van der Waals surface area contributed by atoms with Gasteiger partial charge in [-0.1, -0.05) is 67.2 Å². The molecule has 2 N–H and O–H groups in total. The first-order chi connectivity index (χ1) is 14.9. The van der Waals surface area contributed by atoms with Gasteiger partial charge in [0.2, 0.25) is 0 Å². The monoisotopic (exact) mass is 411 g/mol. The summed E-state index contributed by atoms with van der Waals surface area (Å²) in [4.78, 5) is 4.72. The number of phenolic OH excluding ortho intramolecular Hbond substituents is 2. The Labute approximate surface area is 182 Å². The van der Waals surface area contributed by atoms with Gasteiger partial charge in [0.1, 0.15) is 5.82 Å². The maximum absolute atomic E-state index is 9.63. The molecule has 0 radical (unpaired) electrons. The van der Waals surface area contributed by atoms with Gasteiger partial charge < -0.3 is 10.2 Å². The van der Waals surface area contributed by atoms with Crippen molar-refractivity contribution in [2.24, 2.45) is 10.1 Å². The molecular weight excluding hydrogens is 386 g/mol. The number of hydrogen-bond donors (Lipinski definition) is 2. The van der Waals surface area contributed by atoms with Gasteiger partial charge >= 0.3 is 0 Å². The van der Waals surface area contributed by atoms with E-state index in [1.807, 2.05) is 54.6 Å². The van der Waals surface area contributed by atoms with E-state index in [1.54, 1.807) is 24.3 Å². The fraction of sp³-hybridized carbons (Fsp3) is 0.0769. The van der Waals surface area contributed by atoms with Crippen LogP contribution in [0.15, 0.2) is 107 Å². The summed E-state index contributed by atoms with van der Waals surface area (Å²) >= 11 is 0. The number of phenols is 2. The van der Waals surface area contributed by atoms with Crippen molar-refractivity contribution in [2.45, 2.75) is 6.92 Å². The normalized spacial score (nSPS) is 12.2. The lowest BCUT2D eigenvalue weighted by Gasteiger charge is -2.14. The molecule has 0 saturated carbocycles. The number of hydrogen-bond acceptors (Lipinski definition) is 5. The first kappa shape index (κ1) is 21.6. The Morgan fingerprint density at radius 1 is 0.871 bits per heavy atom. The molecule has 3 aromatic rings. The first-order valence-corrected chi connectivity index (χ1v) is 9.80. The van der Waals surface area contributed by atoms with E-state index in [2.05, 4.69) is 30.7 Å². The van der Waals surface area contributed by atoms with Crippen LogP contribution in [0.4, 0.5) is 0 Å². The Kier molecular flexibility index (Phi) is 7.01. The van der Waals surface area contributed by atoms with Crippen LogP contribution in [0.1, 0.15) is 23.6 Å². The molecule has 0 saturated heterocycles. The topological polar surface area (TPSA) is 68.4 Å². The third-order valence-electron chi connectivity index (χ3n) is 4.65.